The molecule has 3 aromatic rings. The summed E-state index contributed by atoms with van der Waals surface area (Å²) in [6.07, 6.45) is 5.10. The summed E-state index contributed by atoms with van der Waals surface area (Å²) in [7, 11) is 0. The SMILES string of the molecule is O=C(NCC(c1ccco1)n1cccn1)c1ccc(Br)o1. The lowest BCUT2D eigenvalue weighted by atomic mass is 10.2. The van der Waals surface area contributed by atoms with Crippen molar-refractivity contribution >= 4 is 21.8 Å². The number of hydrogen-bond donors (Lipinski definition) is 1. The van der Waals surface area contributed by atoms with Gasteiger partial charge in [0, 0.05) is 18.9 Å². The van der Waals surface area contributed by atoms with Gasteiger partial charge in [-0.2, -0.15) is 5.10 Å². The van der Waals surface area contributed by atoms with E-state index in [0.29, 0.717) is 11.2 Å². The van der Waals surface area contributed by atoms with Crippen molar-refractivity contribution in [2.24, 2.45) is 0 Å². The molecule has 6 nitrogen and oxygen atoms in total. The van der Waals surface area contributed by atoms with Gasteiger partial charge in [0.2, 0.25) is 0 Å². The Labute approximate surface area is 128 Å². The second-order valence-electron chi connectivity index (χ2n) is 4.33. The molecule has 7 heteroatoms. The number of furan rings is 2. The Hall–Kier alpha value is -2.28. The Morgan fingerprint density at radius 1 is 1.38 bits per heavy atom. The molecule has 0 aliphatic carbocycles. The maximum Gasteiger partial charge on any atom is 0.287 e. The smallest absolute Gasteiger partial charge is 0.287 e. The molecule has 3 aromatic heterocycles. The van der Waals surface area contributed by atoms with Crippen LogP contribution >= 0.6 is 15.9 Å². The highest BCUT2D eigenvalue weighted by Crippen LogP contribution is 2.18. The van der Waals surface area contributed by atoms with Gasteiger partial charge >= 0.3 is 0 Å². The average Bonchev–Trinajstić information content (AvgIpc) is 3.21. The van der Waals surface area contributed by atoms with E-state index in [9.17, 15) is 4.79 Å². The molecular weight excluding hydrogens is 338 g/mol. The topological polar surface area (TPSA) is 73.2 Å². The lowest BCUT2D eigenvalue weighted by Crippen LogP contribution is -2.31. The van der Waals surface area contributed by atoms with Crippen molar-refractivity contribution in [3.05, 3.63) is 65.2 Å². The van der Waals surface area contributed by atoms with E-state index in [-0.39, 0.29) is 17.7 Å². The first-order valence-electron chi connectivity index (χ1n) is 6.30. The van der Waals surface area contributed by atoms with Crippen molar-refractivity contribution in [2.75, 3.05) is 6.54 Å². The molecule has 0 aliphatic heterocycles. The number of aromatic nitrogens is 2. The molecule has 3 rings (SSSR count). The van der Waals surface area contributed by atoms with Crippen LogP contribution in [0.5, 0.6) is 0 Å². The molecule has 0 fully saturated rings. The zero-order chi connectivity index (χ0) is 14.7. The summed E-state index contributed by atoms with van der Waals surface area (Å²) in [6, 6.07) is 8.54. The van der Waals surface area contributed by atoms with Crippen LogP contribution in [-0.4, -0.2) is 22.2 Å². The molecule has 1 N–H and O–H groups in total. The van der Waals surface area contributed by atoms with Gasteiger partial charge in [0.1, 0.15) is 11.8 Å². The predicted octanol–water partition coefficient (Wildman–Crippen LogP) is 2.85. The highest BCUT2D eigenvalue weighted by molar-refractivity contribution is 9.10. The highest BCUT2D eigenvalue weighted by atomic mass is 79.9. The van der Waals surface area contributed by atoms with Crippen molar-refractivity contribution in [2.45, 2.75) is 6.04 Å². The highest BCUT2D eigenvalue weighted by Gasteiger charge is 2.19. The van der Waals surface area contributed by atoms with E-state index in [1.165, 1.54) is 0 Å². The Balaban J connectivity index is 1.72. The number of amides is 1. The summed E-state index contributed by atoms with van der Waals surface area (Å²) in [5.41, 5.74) is 0. The molecule has 0 saturated carbocycles. The van der Waals surface area contributed by atoms with Crippen molar-refractivity contribution in [1.82, 2.24) is 15.1 Å². The standard InChI is InChI=1S/C14H12BrN3O3/c15-13-5-4-12(21-13)14(19)16-9-10(11-3-1-8-20-11)18-7-2-6-17-18/h1-8,10H,9H2,(H,16,19). The minimum Gasteiger partial charge on any atom is -0.467 e. The van der Waals surface area contributed by atoms with Crippen LogP contribution in [-0.2, 0) is 0 Å². The van der Waals surface area contributed by atoms with Crippen molar-refractivity contribution in [3.63, 3.8) is 0 Å². The Morgan fingerprint density at radius 2 is 2.29 bits per heavy atom. The number of rotatable bonds is 5. The van der Waals surface area contributed by atoms with Crippen molar-refractivity contribution in [1.29, 1.82) is 0 Å². The molecule has 0 aliphatic rings. The molecule has 0 bridgehead atoms. The number of carbonyl (C=O) groups is 1. The lowest BCUT2D eigenvalue weighted by molar-refractivity contribution is 0.0919. The van der Waals surface area contributed by atoms with Gasteiger partial charge in [0.25, 0.3) is 5.91 Å². The van der Waals surface area contributed by atoms with Gasteiger partial charge < -0.3 is 14.2 Å². The average molecular weight is 350 g/mol. The molecular formula is C14H12BrN3O3. The van der Waals surface area contributed by atoms with Gasteiger partial charge in [-0.1, -0.05) is 0 Å². The zero-order valence-corrected chi connectivity index (χ0v) is 12.5. The molecule has 0 aromatic carbocycles. The van der Waals surface area contributed by atoms with Crippen LogP contribution in [0.2, 0.25) is 0 Å². The number of nitrogens with one attached hydrogen (secondary N) is 1. The third-order valence-electron chi connectivity index (χ3n) is 2.97. The Bertz CT molecular complexity index is 670. The minimum atomic E-state index is -0.288. The number of hydrogen-bond acceptors (Lipinski definition) is 4. The first kappa shape index (κ1) is 13.7. The fourth-order valence-electron chi connectivity index (χ4n) is 1.98. The summed E-state index contributed by atoms with van der Waals surface area (Å²) in [6.45, 7) is 0.340. The summed E-state index contributed by atoms with van der Waals surface area (Å²) >= 11 is 3.17. The largest absolute Gasteiger partial charge is 0.467 e. The lowest BCUT2D eigenvalue weighted by Gasteiger charge is -2.15. The van der Waals surface area contributed by atoms with E-state index < -0.39 is 0 Å². The van der Waals surface area contributed by atoms with Crippen LogP contribution in [0.1, 0.15) is 22.4 Å². The number of carbonyl (C=O) groups excluding carboxylic acids is 1. The van der Waals surface area contributed by atoms with E-state index in [2.05, 4.69) is 26.3 Å². The van der Waals surface area contributed by atoms with Gasteiger partial charge in [-0.15, -0.1) is 0 Å². The molecule has 0 saturated heterocycles. The van der Waals surface area contributed by atoms with Crippen molar-refractivity contribution < 1.29 is 13.6 Å². The number of nitrogens with zero attached hydrogens (tertiary/aromatic N) is 2. The van der Waals surface area contributed by atoms with Crippen LogP contribution in [0.25, 0.3) is 0 Å². The summed E-state index contributed by atoms with van der Waals surface area (Å²) < 4.78 is 12.9. The Morgan fingerprint density at radius 3 is 2.90 bits per heavy atom. The molecule has 1 atom stereocenters. The van der Waals surface area contributed by atoms with E-state index >= 15 is 0 Å². The third kappa shape index (κ3) is 3.08. The van der Waals surface area contributed by atoms with E-state index in [4.69, 9.17) is 8.83 Å². The third-order valence-corrected chi connectivity index (χ3v) is 3.39. The molecule has 0 spiro atoms. The predicted molar refractivity (Wildman–Crippen MR) is 77.8 cm³/mol. The summed E-state index contributed by atoms with van der Waals surface area (Å²) in [4.78, 5) is 12.0. The summed E-state index contributed by atoms with van der Waals surface area (Å²) in [5, 5.41) is 7.02. The molecule has 108 valence electrons. The van der Waals surface area contributed by atoms with Crippen LogP contribution in [0.15, 0.2) is 62.5 Å². The molecule has 21 heavy (non-hydrogen) atoms. The maximum absolute atomic E-state index is 12.0. The van der Waals surface area contributed by atoms with E-state index in [1.807, 2.05) is 18.3 Å². The maximum atomic E-state index is 12.0. The zero-order valence-electron chi connectivity index (χ0n) is 10.9. The van der Waals surface area contributed by atoms with Gasteiger partial charge in [0.05, 0.1) is 6.26 Å². The van der Waals surface area contributed by atoms with Crippen LogP contribution in [0, 0.1) is 0 Å². The van der Waals surface area contributed by atoms with Crippen LogP contribution in [0.4, 0.5) is 0 Å². The van der Waals surface area contributed by atoms with E-state index in [1.54, 1.807) is 35.3 Å². The fraction of sp³-hybridized carbons (Fsp3) is 0.143. The van der Waals surface area contributed by atoms with Gasteiger partial charge in [-0.25, -0.2) is 0 Å². The van der Waals surface area contributed by atoms with Crippen LogP contribution in [0.3, 0.4) is 0 Å². The van der Waals surface area contributed by atoms with Gasteiger partial charge in [0.15, 0.2) is 10.4 Å². The second-order valence-corrected chi connectivity index (χ2v) is 5.11. The van der Waals surface area contributed by atoms with Crippen molar-refractivity contribution in [3.8, 4) is 0 Å². The summed E-state index contributed by atoms with van der Waals surface area (Å²) in [5.74, 6) is 0.685. The molecule has 1 amide bonds. The first-order chi connectivity index (χ1) is 10.2. The normalized spacial score (nSPS) is 12.2. The van der Waals surface area contributed by atoms with Crippen LogP contribution < -0.4 is 5.32 Å². The first-order valence-corrected chi connectivity index (χ1v) is 7.09. The molecule has 3 heterocycles. The second kappa shape index (κ2) is 6.01. The molecule has 0 radical (unpaired) electrons. The Kier molecular flexibility index (Phi) is 3.92. The number of halogens is 1. The van der Waals surface area contributed by atoms with E-state index in [0.717, 1.165) is 5.76 Å². The minimum absolute atomic E-state index is 0.211. The quantitative estimate of drug-likeness (QED) is 0.768. The monoisotopic (exact) mass is 349 g/mol. The molecule has 1 unspecified atom stereocenters. The van der Waals surface area contributed by atoms with Gasteiger partial charge in [-0.05, 0) is 46.3 Å². The fourth-order valence-corrected chi connectivity index (χ4v) is 2.29. The van der Waals surface area contributed by atoms with Gasteiger partial charge in [-0.3, -0.25) is 9.48 Å².